The van der Waals surface area contributed by atoms with Crippen LogP contribution in [0.25, 0.3) is 6.08 Å². The van der Waals surface area contributed by atoms with Gasteiger partial charge in [-0.25, -0.2) is 14.6 Å². The third kappa shape index (κ3) is 5.38. The SMILES string of the molecule is CC(C)(C)c1ccc(C(=O)Oc2cccc(/C=C3\N=C(c4cccc(Cl)c4)OC3=O)c2)cc1. The molecule has 1 aliphatic rings. The van der Waals surface area contributed by atoms with Crippen LogP contribution in [0.5, 0.6) is 5.75 Å². The molecule has 4 rings (SSSR count). The monoisotopic (exact) mass is 459 g/mol. The van der Waals surface area contributed by atoms with Gasteiger partial charge >= 0.3 is 11.9 Å². The highest BCUT2D eigenvalue weighted by atomic mass is 35.5. The van der Waals surface area contributed by atoms with Crippen molar-refractivity contribution in [2.45, 2.75) is 26.2 Å². The fraction of sp³-hybridized carbons (Fsp3) is 0.148. The summed E-state index contributed by atoms with van der Waals surface area (Å²) in [7, 11) is 0. The molecule has 3 aromatic carbocycles. The lowest BCUT2D eigenvalue weighted by Crippen LogP contribution is -2.12. The molecule has 6 heteroatoms. The van der Waals surface area contributed by atoms with Crippen LogP contribution >= 0.6 is 11.6 Å². The third-order valence-corrected chi connectivity index (χ3v) is 5.29. The van der Waals surface area contributed by atoms with Gasteiger partial charge in [-0.1, -0.05) is 62.7 Å². The Kier molecular flexibility index (Phi) is 6.16. The van der Waals surface area contributed by atoms with Gasteiger partial charge in [-0.15, -0.1) is 0 Å². The number of rotatable bonds is 4. The van der Waals surface area contributed by atoms with Crippen LogP contribution < -0.4 is 4.74 Å². The summed E-state index contributed by atoms with van der Waals surface area (Å²) in [4.78, 5) is 29.1. The van der Waals surface area contributed by atoms with Crippen LogP contribution in [0.2, 0.25) is 5.02 Å². The minimum absolute atomic E-state index is 0.000769. The van der Waals surface area contributed by atoms with E-state index in [0.29, 0.717) is 27.5 Å². The average Bonchev–Trinajstić information content (AvgIpc) is 3.14. The summed E-state index contributed by atoms with van der Waals surface area (Å²) < 4.78 is 10.8. The number of benzene rings is 3. The number of carbonyl (C=O) groups is 2. The lowest BCUT2D eigenvalue weighted by molar-refractivity contribution is -0.129. The fourth-order valence-electron chi connectivity index (χ4n) is 3.25. The molecule has 0 aliphatic carbocycles. The quantitative estimate of drug-likeness (QED) is 0.264. The Hall–Kier alpha value is -3.70. The van der Waals surface area contributed by atoms with Crippen LogP contribution in [-0.2, 0) is 14.9 Å². The number of ether oxygens (including phenoxy) is 2. The maximum Gasteiger partial charge on any atom is 0.363 e. The number of carbonyl (C=O) groups excluding carboxylic acids is 2. The van der Waals surface area contributed by atoms with Crippen molar-refractivity contribution in [3.8, 4) is 5.75 Å². The van der Waals surface area contributed by atoms with Crippen molar-refractivity contribution in [3.63, 3.8) is 0 Å². The van der Waals surface area contributed by atoms with Gasteiger partial charge in [0.25, 0.3) is 0 Å². The Morgan fingerprint density at radius 2 is 1.73 bits per heavy atom. The Morgan fingerprint density at radius 1 is 1.00 bits per heavy atom. The first-order valence-electron chi connectivity index (χ1n) is 10.4. The topological polar surface area (TPSA) is 65.0 Å². The van der Waals surface area contributed by atoms with Crippen LogP contribution in [-0.4, -0.2) is 17.8 Å². The first-order valence-corrected chi connectivity index (χ1v) is 10.8. The molecule has 33 heavy (non-hydrogen) atoms. The van der Waals surface area contributed by atoms with Gasteiger partial charge in [-0.05, 0) is 65.1 Å². The second-order valence-corrected chi connectivity index (χ2v) is 9.07. The summed E-state index contributed by atoms with van der Waals surface area (Å²) in [5.41, 5.74) is 2.99. The summed E-state index contributed by atoms with van der Waals surface area (Å²) in [6.07, 6.45) is 1.58. The first-order chi connectivity index (χ1) is 15.7. The summed E-state index contributed by atoms with van der Waals surface area (Å²) in [6.45, 7) is 6.34. The second kappa shape index (κ2) is 9.04. The molecule has 0 bridgehead atoms. The number of aliphatic imine (C=N–C) groups is 1. The summed E-state index contributed by atoms with van der Waals surface area (Å²) >= 11 is 6.01. The second-order valence-electron chi connectivity index (χ2n) is 8.64. The molecule has 0 saturated carbocycles. The number of halogens is 1. The van der Waals surface area contributed by atoms with E-state index in [-0.39, 0.29) is 17.0 Å². The molecule has 0 aromatic heterocycles. The molecule has 0 spiro atoms. The Morgan fingerprint density at radius 3 is 2.42 bits per heavy atom. The largest absolute Gasteiger partial charge is 0.423 e. The number of hydrogen-bond donors (Lipinski definition) is 0. The van der Waals surface area contributed by atoms with E-state index < -0.39 is 11.9 Å². The van der Waals surface area contributed by atoms with Gasteiger partial charge in [-0.2, -0.15) is 0 Å². The molecule has 1 aliphatic heterocycles. The molecule has 0 saturated heterocycles. The van der Waals surface area contributed by atoms with Gasteiger partial charge in [0.2, 0.25) is 5.90 Å². The molecule has 1 heterocycles. The molecule has 0 radical (unpaired) electrons. The van der Waals surface area contributed by atoms with Crippen LogP contribution in [0, 0.1) is 0 Å². The minimum atomic E-state index is -0.564. The van der Waals surface area contributed by atoms with Crippen molar-refractivity contribution in [2.24, 2.45) is 4.99 Å². The first kappa shape index (κ1) is 22.5. The highest BCUT2D eigenvalue weighted by Gasteiger charge is 2.24. The van der Waals surface area contributed by atoms with Gasteiger partial charge < -0.3 is 9.47 Å². The molecule has 166 valence electrons. The summed E-state index contributed by atoms with van der Waals surface area (Å²) in [5, 5.41) is 0.520. The molecule has 5 nitrogen and oxygen atoms in total. The van der Waals surface area contributed by atoms with E-state index >= 15 is 0 Å². The van der Waals surface area contributed by atoms with Gasteiger partial charge in [-0.3, -0.25) is 0 Å². The lowest BCUT2D eigenvalue weighted by Gasteiger charge is -2.18. The van der Waals surface area contributed by atoms with Crippen molar-refractivity contribution in [1.82, 2.24) is 0 Å². The van der Waals surface area contributed by atoms with Gasteiger partial charge in [0.05, 0.1) is 5.56 Å². The molecule has 0 amide bonds. The number of cyclic esters (lactones) is 1. The van der Waals surface area contributed by atoms with E-state index in [1.165, 1.54) is 0 Å². The van der Waals surface area contributed by atoms with Crippen LogP contribution in [0.3, 0.4) is 0 Å². The standard InChI is InChI=1S/C27H22ClNO4/c1-27(2,3)20-12-10-18(11-13-20)25(30)32-22-9-4-6-17(14-22)15-23-26(31)33-24(29-23)19-7-5-8-21(28)16-19/h4-16H,1-3H3/b23-15-. The van der Waals surface area contributed by atoms with Gasteiger partial charge in [0.15, 0.2) is 5.70 Å². The highest BCUT2D eigenvalue weighted by Crippen LogP contribution is 2.24. The predicted octanol–water partition coefficient (Wildman–Crippen LogP) is 6.20. The van der Waals surface area contributed by atoms with E-state index in [4.69, 9.17) is 21.1 Å². The van der Waals surface area contributed by atoms with Gasteiger partial charge in [0, 0.05) is 10.6 Å². The molecule has 0 fully saturated rings. The van der Waals surface area contributed by atoms with Crippen molar-refractivity contribution < 1.29 is 19.1 Å². The average molecular weight is 460 g/mol. The fourth-order valence-corrected chi connectivity index (χ4v) is 3.44. The molecular formula is C27H22ClNO4. The molecule has 0 N–H and O–H groups in total. The van der Waals surface area contributed by atoms with Crippen molar-refractivity contribution >= 4 is 35.5 Å². The van der Waals surface area contributed by atoms with Crippen molar-refractivity contribution in [3.05, 3.63) is 106 Å². The van der Waals surface area contributed by atoms with Crippen molar-refractivity contribution in [2.75, 3.05) is 0 Å². The van der Waals surface area contributed by atoms with E-state index in [1.54, 1.807) is 66.7 Å². The van der Waals surface area contributed by atoms with Crippen molar-refractivity contribution in [1.29, 1.82) is 0 Å². The zero-order valence-corrected chi connectivity index (χ0v) is 19.2. The number of nitrogens with zero attached hydrogens (tertiary/aromatic N) is 1. The van der Waals surface area contributed by atoms with E-state index in [0.717, 1.165) is 5.56 Å². The Labute approximate surface area is 197 Å². The zero-order chi connectivity index (χ0) is 23.6. The molecular weight excluding hydrogens is 438 g/mol. The zero-order valence-electron chi connectivity index (χ0n) is 18.5. The van der Waals surface area contributed by atoms with Gasteiger partial charge in [0.1, 0.15) is 5.75 Å². The number of hydrogen-bond acceptors (Lipinski definition) is 5. The molecule has 3 aromatic rings. The smallest absolute Gasteiger partial charge is 0.363 e. The predicted molar refractivity (Wildman–Crippen MR) is 129 cm³/mol. The summed E-state index contributed by atoms with van der Waals surface area (Å²) in [6, 6.07) is 21.1. The van der Waals surface area contributed by atoms with Crippen LogP contribution in [0.1, 0.15) is 47.8 Å². The highest BCUT2D eigenvalue weighted by molar-refractivity contribution is 6.31. The minimum Gasteiger partial charge on any atom is -0.423 e. The maximum absolute atomic E-state index is 12.6. The van der Waals surface area contributed by atoms with E-state index in [2.05, 4.69) is 25.8 Å². The molecule has 0 unspecified atom stereocenters. The Bertz CT molecular complexity index is 1280. The Balaban J connectivity index is 1.51. The van der Waals surface area contributed by atoms with E-state index in [1.807, 2.05) is 12.1 Å². The number of esters is 2. The summed E-state index contributed by atoms with van der Waals surface area (Å²) in [5.74, 6) is -0.470. The van der Waals surface area contributed by atoms with Crippen LogP contribution in [0.15, 0.2) is 83.5 Å². The maximum atomic E-state index is 12.6. The lowest BCUT2D eigenvalue weighted by atomic mass is 9.87. The third-order valence-electron chi connectivity index (χ3n) is 5.05. The van der Waals surface area contributed by atoms with E-state index in [9.17, 15) is 9.59 Å². The normalized spacial score (nSPS) is 14.7. The molecule has 0 atom stereocenters. The van der Waals surface area contributed by atoms with Crippen LogP contribution in [0.4, 0.5) is 0 Å².